The Balaban J connectivity index is 1.64. The van der Waals surface area contributed by atoms with E-state index in [0.29, 0.717) is 6.54 Å². The van der Waals surface area contributed by atoms with Gasteiger partial charge < -0.3 is 4.74 Å². The first-order chi connectivity index (χ1) is 13.7. The number of hydrogen-bond acceptors (Lipinski definition) is 5. The number of benzene rings is 2. The van der Waals surface area contributed by atoms with Crippen molar-refractivity contribution in [3.63, 3.8) is 0 Å². The molecule has 0 spiro atoms. The molecule has 146 valence electrons. The maximum absolute atomic E-state index is 5.26. The lowest BCUT2D eigenvalue weighted by Gasteiger charge is -2.36. The molecule has 0 aliphatic carbocycles. The molecule has 1 aliphatic rings. The average molecular weight is 377 g/mol. The standard InChI is InChI=1S/C22H27N5O/c1-17-12-14-26(15-13-17)21(19-6-4-3-5-7-19)22-23-24-25-27(22)16-18-8-10-20(28-2)11-9-18/h3-11,17,21H,12-16H2,1-2H3/t21-/m1/s1. The highest BCUT2D eigenvalue weighted by Crippen LogP contribution is 2.31. The third-order valence-electron chi connectivity index (χ3n) is 5.59. The Morgan fingerprint density at radius 3 is 2.43 bits per heavy atom. The Labute approximate surface area is 166 Å². The van der Waals surface area contributed by atoms with E-state index in [4.69, 9.17) is 4.74 Å². The highest BCUT2D eigenvalue weighted by molar-refractivity contribution is 5.28. The van der Waals surface area contributed by atoms with Gasteiger partial charge in [0.1, 0.15) is 5.75 Å². The van der Waals surface area contributed by atoms with E-state index in [0.717, 1.165) is 36.1 Å². The fourth-order valence-corrected chi connectivity index (χ4v) is 3.87. The van der Waals surface area contributed by atoms with E-state index >= 15 is 0 Å². The third-order valence-corrected chi connectivity index (χ3v) is 5.59. The second kappa shape index (κ2) is 8.52. The molecule has 28 heavy (non-hydrogen) atoms. The third kappa shape index (κ3) is 4.07. The van der Waals surface area contributed by atoms with Gasteiger partial charge in [0.15, 0.2) is 5.82 Å². The van der Waals surface area contributed by atoms with Crippen LogP contribution in [-0.2, 0) is 6.54 Å². The fourth-order valence-electron chi connectivity index (χ4n) is 3.87. The van der Waals surface area contributed by atoms with Crippen molar-refractivity contribution in [2.75, 3.05) is 20.2 Å². The summed E-state index contributed by atoms with van der Waals surface area (Å²) in [5.74, 6) is 2.53. The van der Waals surface area contributed by atoms with Crippen LogP contribution in [0.2, 0.25) is 0 Å². The molecule has 1 atom stereocenters. The minimum absolute atomic E-state index is 0.0712. The van der Waals surface area contributed by atoms with E-state index in [-0.39, 0.29) is 6.04 Å². The Bertz CT molecular complexity index is 869. The van der Waals surface area contributed by atoms with Gasteiger partial charge in [-0.05, 0) is 65.5 Å². The molecule has 2 aromatic carbocycles. The van der Waals surface area contributed by atoms with Gasteiger partial charge in [-0.1, -0.05) is 49.4 Å². The molecule has 0 unspecified atom stereocenters. The Kier molecular flexibility index (Phi) is 5.67. The molecular weight excluding hydrogens is 350 g/mol. The lowest BCUT2D eigenvalue weighted by molar-refractivity contribution is 0.150. The summed E-state index contributed by atoms with van der Waals surface area (Å²) in [6, 6.07) is 18.7. The summed E-state index contributed by atoms with van der Waals surface area (Å²) in [7, 11) is 1.68. The van der Waals surface area contributed by atoms with Gasteiger partial charge in [0, 0.05) is 0 Å². The van der Waals surface area contributed by atoms with Crippen molar-refractivity contribution in [3.8, 4) is 5.75 Å². The predicted octanol–water partition coefficient (Wildman–Crippen LogP) is 3.55. The van der Waals surface area contributed by atoms with Crippen molar-refractivity contribution < 1.29 is 4.74 Å². The number of rotatable bonds is 6. The molecule has 0 saturated carbocycles. The van der Waals surface area contributed by atoms with Crippen LogP contribution < -0.4 is 4.74 Å². The van der Waals surface area contributed by atoms with Crippen LogP contribution in [0.4, 0.5) is 0 Å². The summed E-state index contributed by atoms with van der Waals surface area (Å²) in [6.45, 7) is 5.11. The quantitative estimate of drug-likeness (QED) is 0.657. The van der Waals surface area contributed by atoms with Crippen LogP contribution in [0.1, 0.15) is 42.8 Å². The molecule has 1 aromatic heterocycles. The molecule has 6 heteroatoms. The van der Waals surface area contributed by atoms with Crippen molar-refractivity contribution >= 4 is 0 Å². The molecule has 0 amide bonds. The maximum atomic E-state index is 5.26. The SMILES string of the molecule is COc1ccc(Cn2nnnc2[C@@H](c2ccccc2)N2CCC(C)CC2)cc1. The van der Waals surface area contributed by atoms with Crippen LogP contribution in [-0.4, -0.2) is 45.3 Å². The van der Waals surface area contributed by atoms with Crippen molar-refractivity contribution in [1.29, 1.82) is 0 Å². The van der Waals surface area contributed by atoms with Crippen molar-refractivity contribution in [3.05, 3.63) is 71.5 Å². The first-order valence-electron chi connectivity index (χ1n) is 9.92. The van der Waals surface area contributed by atoms with Crippen LogP contribution in [0, 0.1) is 5.92 Å². The number of hydrogen-bond donors (Lipinski definition) is 0. The Morgan fingerprint density at radius 1 is 1.04 bits per heavy atom. The van der Waals surface area contributed by atoms with E-state index in [1.54, 1.807) is 7.11 Å². The first kappa shape index (κ1) is 18.6. The van der Waals surface area contributed by atoms with Crippen LogP contribution in [0.15, 0.2) is 54.6 Å². The van der Waals surface area contributed by atoms with E-state index in [1.807, 2.05) is 16.8 Å². The smallest absolute Gasteiger partial charge is 0.173 e. The number of nitrogens with zero attached hydrogens (tertiary/aromatic N) is 5. The van der Waals surface area contributed by atoms with Crippen LogP contribution >= 0.6 is 0 Å². The normalized spacial score (nSPS) is 16.8. The van der Waals surface area contributed by atoms with Crippen LogP contribution in [0.3, 0.4) is 0 Å². The number of likely N-dealkylation sites (tertiary alicyclic amines) is 1. The molecule has 3 aromatic rings. The van der Waals surface area contributed by atoms with Gasteiger partial charge in [0.2, 0.25) is 0 Å². The zero-order valence-electron chi connectivity index (χ0n) is 16.5. The van der Waals surface area contributed by atoms with Gasteiger partial charge in [-0.15, -0.1) is 5.10 Å². The fraction of sp³-hybridized carbons (Fsp3) is 0.409. The zero-order valence-corrected chi connectivity index (χ0v) is 16.5. The van der Waals surface area contributed by atoms with E-state index in [1.165, 1.54) is 18.4 Å². The minimum atomic E-state index is 0.0712. The van der Waals surface area contributed by atoms with Gasteiger partial charge in [-0.3, -0.25) is 4.90 Å². The van der Waals surface area contributed by atoms with Gasteiger partial charge >= 0.3 is 0 Å². The second-order valence-corrected chi connectivity index (χ2v) is 7.57. The minimum Gasteiger partial charge on any atom is -0.497 e. The predicted molar refractivity (Wildman–Crippen MR) is 108 cm³/mol. The number of methoxy groups -OCH3 is 1. The number of piperidine rings is 1. The van der Waals surface area contributed by atoms with E-state index in [9.17, 15) is 0 Å². The summed E-state index contributed by atoms with van der Waals surface area (Å²) in [5, 5.41) is 12.8. The molecule has 0 bridgehead atoms. The summed E-state index contributed by atoms with van der Waals surface area (Å²) in [4.78, 5) is 2.52. The molecule has 1 aliphatic heterocycles. The molecule has 0 N–H and O–H groups in total. The molecule has 0 radical (unpaired) electrons. The van der Waals surface area contributed by atoms with Gasteiger partial charge in [0.05, 0.1) is 19.7 Å². The number of tetrazole rings is 1. The van der Waals surface area contributed by atoms with E-state index < -0.39 is 0 Å². The van der Waals surface area contributed by atoms with Crippen LogP contribution in [0.5, 0.6) is 5.75 Å². The van der Waals surface area contributed by atoms with Crippen molar-refractivity contribution in [2.45, 2.75) is 32.4 Å². The number of ether oxygens (including phenoxy) is 1. The lowest BCUT2D eigenvalue weighted by Crippen LogP contribution is -2.38. The zero-order chi connectivity index (χ0) is 19.3. The maximum Gasteiger partial charge on any atom is 0.173 e. The number of aromatic nitrogens is 4. The largest absolute Gasteiger partial charge is 0.497 e. The topological polar surface area (TPSA) is 56.1 Å². The molecule has 4 rings (SSSR count). The van der Waals surface area contributed by atoms with Crippen molar-refractivity contribution in [1.82, 2.24) is 25.1 Å². The van der Waals surface area contributed by atoms with Gasteiger partial charge in [-0.25, -0.2) is 4.68 Å². The molecule has 6 nitrogen and oxygen atoms in total. The lowest BCUT2D eigenvalue weighted by atomic mass is 9.95. The molecule has 1 fully saturated rings. The Hall–Kier alpha value is -2.73. The molecular formula is C22H27N5O. The summed E-state index contributed by atoms with van der Waals surface area (Å²) in [6.07, 6.45) is 2.42. The van der Waals surface area contributed by atoms with Gasteiger partial charge in [-0.2, -0.15) is 0 Å². The molecule has 1 saturated heterocycles. The highest BCUT2D eigenvalue weighted by Gasteiger charge is 2.30. The highest BCUT2D eigenvalue weighted by atomic mass is 16.5. The second-order valence-electron chi connectivity index (χ2n) is 7.57. The summed E-state index contributed by atoms with van der Waals surface area (Å²) in [5.41, 5.74) is 2.39. The summed E-state index contributed by atoms with van der Waals surface area (Å²) < 4.78 is 7.19. The van der Waals surface area contributed by atoms with Gasteiger partial charge in [0.25, 0.3) is 0 Å². The summed E-state index contributed by atoms with van der Waals surface area (Å²) >= 11 is 0. The Morgan fingerprint density at radius 2 is 1.75 bits per heavy atom. The molecule has 2 heterocycles. The van der Waals surface area contributed by atoms with E-state index in [2.05, 4.69) is 69.8 Å². The average Bonchev–Trinajstić information content (AvgIpc) is 3.19. The monoisotopic (exact) mass is 377 g/mol. The van der Waals surface area contributed by atoms with Crippen molar-refractivity contribution in [2.24, 2.45) is 5.92 Å². The van der Waals surface area contributed by atoms with Crippen LogP contribution in [0.25, 0.3) is 0 Å². The first-order valence-corrected chi connectivity index (χ1v) is 9.92.